The standard InChI is InChI=1S/C20H22ClN3O4S/c1-4-14(2)24(29(25,26)18-11-9-17(27-3)10-12-18)13-19-22-20(23-28-19)15-5-7-16(21)8-6-15/h5-12,14H,4,13H2,1-3H3. The van der Waals surface area contributed by atoms with Gasteiger partial charge in [-0.2, -0.15) is 9.29 Å². The van der Waals surface area contributed by atoms with Gasteiger partial charge in [-0.3, -0.25) is 0 Å². The minimum Gasteiger partial charge on any atom is -0.497 e. The van der Waals surface area contributed by atoms with E-state index in [1.165, 1.54) is 23.5 Å². The van der Waals surface area contributed by atoms with E-state index in [1.807, 2.05) is 13.8 Å². The fourth-order valence-corrected chi connectivity index (χ4v) is 4.51. The Morgan fingerprint density at radius 1 is 1.14 bits per heavy atom. The van der Waals surface area contributed by atoms with Crippen LogP contribution >= 0.6 is 11.6 Å². The number of aromatic nitrogens is 2. The third-order valence-corrected chi connectivity index (χ3v) is 6.84. The molecule has 0 radical (unpaired) electrons. The zero-order valence-corrected chi connectivity index (χ0v) is 17.9. The van der Waals surface area contributed by atoms with Gasteiger partial charge in [0.25, 0.3) is 0 Å². The number of sulfonamides is 1. The highest BCUT2D eigenvalue weighted by Crippen LogP contribution is 2.25. The topological polar surface area (TPSA) is 85.5 Å². The molecular weight excluding hydrogens is 414 g/mol. The van der Waals surface area contributed by atoms with Crippen LogP contribution in [0.25, 0.3) is 11.4 Å². The summed E-state index contributed by atoms with van der Waals surface area (Å²) in [7, 11) is -2.23. The van der Waals surface area contributed by atoms with Gasteiger partial charge in [0.1, 0.15) is 5.75 Å². The molecule has 0 saturated carbocycles. The quantitative estimate of drug-likeness (QED) is 0.521. The van der Waals surface area contributed by atoms with Crippen LogP contribution in [-0.4, -0.2) is 36.0 Å². The molecule has 1 atom stereocenters. The first-order valence-corrected chi connectivity index (χ1v) is 10.9. The molecule has 0 aliphatic rings. The van der Waals surface area contributed by atoms with Crippen LogP contribution in [0.5, 0.6) is 5.75 Å². The van der Waals surface area contributed by atoms with Gasteiger partial charge < -0.3 is 9.26 Å². The van der Waals surface area contributed by atoms with Crippen molar-refractivity contribution in [2.75, 3.05) is 7.11 Å². The van der Waals surface area contributed by atoms with Crippen molar-refractivity contribution < 1.29 is 17.7 Å². The lowest BCUT2D eigenvalue weighted by molar-refractivity contribution is 0.272. The maximum atomic E-state index is 13.2. The number of rotatable bonds is 8. The fraction of sp³-hybridized carbons (Fsp3) is 0.300. The molecule has 3 rings (SSSR count). The lowest BCUT2D eigenvalue weighted by Crippen LogP contribution is -2.37. The van der Waals surface area contributed by atoms with Crippen molar-refractivity contribution in [2.24, 2.45) is 0 Å². The molecule has 9 heteroatoms. The van der Waals surface area contributed by atoms with Crippen molar-refractivity contribution in [3.63, 3.8) is 0 Å². The van der Waals surface area contributed by atoms with Crippen molar-refractivity contribution in [2.45, 2.75) is 37.8 Å². The zero-order chi connectivity index (χ0) is 21.0. The highest BCUT2D eigenvalue weighted by molar-refractivity contribution is 7.89. The average Bonchev–Trinajstić information content (AvgIpc) is 3.20. The molecule has 154 valence electrons. The van der Waals surface area contributed by atoms with Gasteiger partial charge in [0.05, 0.1) is 18.6 Å². The number of methoxy groups -OCH3 is 1. The molecule has 29 heavy (non-hydrogen) atoms. The minimum atomic E-state index is -3.76. The van der Waals surface area contributed by atoms with Gasteiger partial charge in [-0.05, 0) is 61.9 Å². The Morgan fingerprint density at radius 3 is 2.38 bits per heavy atom. The molecule has 1 aromatic heterocycles. The average molecular weight is 436 g/mol. The molecule has 0 fully saturated rings. The summed E-state index contributed by atoms with van der Waals surface area (Å²) in [5.74, 6) is 1.18. The Balaban J connectivity index is 1.88. The summed E-state index contributed by atoms with van der Waals surface area (Å²) in [6.07, 6.45) is 0.633. The molecule has 7 nitrogen and oxygen atoms in total. The van der Waals surface area contributed by atoms with Gasteiger partial charge in [0, 0.05) is 16.6 Å². The molecule has 1 heterocycles. The van der Waals surface area contributed by atoms with Crippen LogP contribution in [-0.2, 0) is 16.6 Å². The molecule has 0 amide bonds. The molecule has 0 saturated heterocycles. The van der Waals surface area contributed by atoms with E-state index >= 15 is 0 Å². The summed E-state index contributed by atoms with van der Waals surface area (Å²) in [6, 6.07) is 13.0. The van der Waals surface area contributed by atoms with Crippen LogP contribution < -0.4 is 4.74 Å². The van der Waals surface area contributed by atoms with Crippen LogP contribution in [0.1, 0.15) is 26.2 Å². The summed E-state index contributed by atoms with van der Waals surface area (Å²) in [6.45, 7) is 3.75. The van der Waals surface area contributed by atoms with E-state index in [4.69, 9.17) is 20.9 Å². The van der Waals surface area contributed by atoms with Crippen molar-refractivity contribution in [3.8, 4) is 17.1 Å². The van der Waals surface area contributed by atoms with Crippen molar-refractivity contribution >= 4 is 21.6 Å². The van der Waals surface area contributed by atoms with Gasteiger partial charge in [-0.1, -0.05) is 23.7 Å². The summed E-state index contributed by atoms with van der Waals surface area (Å²) < 4.78 is 38.3. The molecule has 0 spiro atoms. The van der Waals surface area contributed by atoms with E-state index in [9.17, 15) is 8.42 Å². The lowest BCUT2D eigenvalue weighted by Gasteiger charge is -2.26. The fourth-order valence-electron chi connectivity index (χ4n) is 2.73. The van der Waals surface area contributed by atoms with Crippen molar-refractivity contribution in [1.29, 1.82) is 0 Å². The largest absolute Gasteiger partial charge is 0.497 e. The van der Waals surface area contributed by atoms with E-state index in [-0.39, 0.29) is 23.4 Å². The normalized spacial score (nSPS) is 12.9. The van der Waals surface area contributed by atoms with E-state index in [1.54, 1.807) is 36.4 Å². The van der Waals surface area contributed by atoms with Crippen molar-refractivity contribution in [3.05, 3.63) is 59.4 Å². The van der Waals surface area contributed by atoms with E-state index in [0.717, 1.165) is 5.56 Å². The smallest absolute Gasteiger partial charge is 0.243 e. The Morgan fingerprint density at radius 2 is 1.79 bits per heavy atom. The second kappa shape index (κ2) is 8.94. The molecule has 1 unspecified atom stereocenters. The first-order valence-electron chi connectivity index (χ1n) is 9.09. The maximum absolute atomic E-state index is 13.2. The Kier molecular flexibility index (Phi) is 6.56. The first kappa shape index (κ1) is 21.3. The molecular formula is C20H22ClN3O4S. The molecule has 0 N–H and O–H groups in total. The second-order valence-electron chi connectivity index (χ2n) is 6.50. The Bertz CT molecular complexity index is 1050. The monoisotopic (exact) mass is 435 g/mol. The molecule has 0 bridgehead atoms. The molecule has 2 aromatic carbocycles. The Hall–Kier alpha value is -2.42. The minimum absolute atomic E-state index is 0.0239. The van der Waals surface area contributed by atoms with Crippen LogP contribution in [0.4, 0.5) is 0 Å². The van der Waals surface area contributed by atoms with Crippen LogP contribution in [0.2, 0.25) is 5.02 Å². The lowest BCUT2D eigenvalue weighted by atomic mass is 10.2. The number of hydrogen-bond acceptors (Lipinski definition) is 6. The van der Waals surface area contributed by atoms with Gasteiger partial charge >= 0.3 is 0 Å². The number of halogens is 1. The third-order valence-electron chi connectivity index (χ3n) is 4.61. The van der Waals surface area contributed by atoms with E-state index < -0.39 is 10.0 Å². The number of ether oxygens (including phenoxy) is 1. The summed E-state index contributed by atoms with van der Waals surface area (Å²) in [5, 5.41) is 4.57. The van der Waals surface area contributed by atoms with Gasteiger partial charge in [-0.15, -0.1) is 0 Å². The molecule has 0 aliphatic carbocycles. The Labute approximate surface area is 175 Å². The predicted octanol–water partition coefficient (Wildman–Crippen LogP) is 4.39. The number of nitrogens with zero attached hydrogens (tertiary/aromatic N) is 3. The second-order valence-corrected chi connectivity index (χ2v) is 8.83. The first-order chi connectivity index (χ1) is 13.8. The number of hydrogen-bond donors (Lipinski definition) is 0. The van der Waals surface area contributed by atoms with Gasteiger partial charge in [0.2, 0.25) is 21.7 Å². The summed E-state index contributed by atoms with van der Waals surface area (Å²) in [5.41, 5.74) is 0.734. The van der Waals surface area contributed by atoms with Crippen LogP contribution in [0.15, 0.2) is 57.9 Å². The predicted molar refractivity (Wildman–Crippen MR) is 110 cm³/mol. The zero-order valence-electron chi connectivity index (χ0n) is 16.4. The highest BCUT2D eigenvalue weighted by atomic mass is 35.5. The SMILES string of the molecule is CCC(C)N(Cc1nc(-c2ccc(Cl)cc2)no1)S(=O)(=O)c1ccc(OC)cc1. The van der Waals surface area contributed by atoms with Crippen LogP contribution in [0, 0.1) is 0 Å². The summed E-state index contributed by atoms with van der Waals surface area (Å²) >= 11 is 5.91. The maximum Gasteiger partial charge on any atom is 0.243 e. The summed E-state index contributed by atoms with van der Waals surface area (Å²) in [4.78, 5) is 4.53. The highest BCUT2D eigenvalue weighted by Gasteiger charge is 2.30. The van der Waals surface area contributed by atoms with Crippen LogP contribution in [0.3, 0.4) is 0 Å². The van der Waals surface area contributed by atoms with E-state index in [2.05, 4.69) is 10.1 Å². The molecule has 0 aliphatic heterocycles. The number of benzene rings is 2. The molecule has 3 aromatic rings. The van der Waals surface area contributed by atoms with Gasteiger partial charge in [-0.25, -0.2) is 8.42 Å². The van der Waals surface area contributed by atoms with Gasteiger partial charge in [0.15, 0.2) is 0 Å². The van der Waals surface area contributed by atoms with E-state index in [0.29, 0.717) is 23.0 Å². The third kappa shape index (κ3) is 4.77. The van der Waals surface area contributed by atoms with Crippen molar-refractivity contribution in [1.82, 2.24) is 14.4 Å².